The first-order valence-electron chi connectivity index (χ1n) is 7.39. The van der Waals surface area contributed by atoms with Crippen molar-refractivity contribution in [2.24, 2.45) is 0 Å². The van der Waals surface area contributed by atoms with Gasteiger partial charge in [0.2, 0.25) is 5.91 Å². The van der Waals surface area contributed by atoms with Gasteiger partial charge in [0.15, 0.2) is 0 Å². The number of hydrogen-bond acceptors (Lipinski definition) is 3. The van der Waals surface area contributed by atoms with Crippen LogP contribution < -0.4 is 14.9 Å². The van der Waals surface area contributed by atoms with Crippen LogP contribution in [0.25, 0.3) is 10.9 Å². The molecular formula is C18H17ClN2O3. The molecule has 1 heterocycles. The number of nitrogens with one attached hydrogen (secondary N) is 1. The Morgan fingerprint density at radius 3 is 2.71 bits per heavy atom. The van der Waals surface area contributed by atoms with Crippen LogP contribution in [0.2, 0.25) is 5.02 Å². The minimum absolute atomic E-state index is 0.152. The Morgan fingerprint density at radius 2 is 2.00 bits per heavy atom. The third-order valence-electron chi connectivity index (χ3n) is 3.76. The third-order valence-corrected chi connectivity index (χ3v) is 4.09. The standard InChI is InChI=1S/C18H17ClN2O3/c1-23-13-7-8-17-14(10-13)12(11-21(17)24-2)9-18(22)20-16-6-4-3-5-15(16)19/h3-8,10-11H,9H2,1-2H3,(H,20,22). The normalized spacial score (nSPS) is 10.6. The second-order valence-corrected chi connectivity index (χ2v) is 5.66. The molecular weight excluding hydrogens is 328 g/mol. The molecule has 0 atom stereocenters. The van der Waals surface area contributed by atoms with Gasteiger partial charge in [-0.05, 0) is 35.9 Å². The van der Waals surface area contributed by atoms with E-state index in [4.69, 9.17) is 21.2 Å². The predicted octanol–water partition coefficient (Wildman–Crippen LogP) is 3.54. The summed E-state index contributed by atoms with van der Waals surface area (Å²) in [4.78, 5) is 17.7. The van der Waals surface area contributed by atoms with Crippen molar-refractivity contribution in [3.8, 4) is 5.75 Å². The predicted molar refractivity (Wildman–Crippen MR) is 94.8 cm³/mol. The van der Waals surface area contributed by atoms with Crippen molar-refractivity contribution in [1.29, 1.82) is 0 Å². The molecule has 0 saturated heterocycles. The van der Waals surface area contributed by atoms with Crippen LogP contribution in [0.4, 0.5) is 5.69 Å². The molecule has 0 saturated carbocycles. The number of methoxy groups -OCH3 is 1. The molecule has 0 aliphatic rings. The van der Waals surface area contributed by atoms with E-state index in [0.717, 1.165) is 22.2 Å². The van der Waals surface area contributed by atoms with Crippen molar-refractivity contribution >= 4 is 34.1 Å². The number of aromatic nitrogens is 1. The Hall–Kier alpha value is -2.66. The van der Waals surface area contributed by atoms with Gasteiger partial charge >= 0.3 is 0 Å². The van der Waals surface area contributed by atoms with E-state index < -0.39 is 0 Å². The van der Waals surface area contributed by atoms with Crippen molar-refractivity contribution in [2.45, 2.75) is 6.42 Å². The number of benzene rings is 2. The minimum Gasteiger partial charge on any atom is -0.497 e. The van der Waals surface area contributed by atoms with Crippen LogP contribution in [-0.2, 0) is 11.2 Å². The number of anilines is 1. The molecule has 124 valence electrons. The number of carbonyl (C=O) groups excluding carboxylic acids is 1. The lowest BCUT2D eigenvalue weighted by atomic mass is 10.1. The SMILES string of the molecule is COc1ccc2c(c1)c(CC(=O)Nc1ccccc1Cl)cn2OC. The van der Waals surface area contributed by atoms with E-state index in [1.165, 1.54) is 0 Å². The molecule has 0 unspecified atom stereocenters. The quantitative estimate of drug-likeness (QED) is 0.770. The second-order valence-electron chi connectivity index (χ2n) is 5.25. The Labute approximate surface area is 144 Å². The van der Waals surface area contributed by atoms with Crippen LogP contribution in [-0.4, -0.2) is 24.9 Å². The molecule has 0 spiro atoms. The first kappa shape index (κ1) is 16.2. The highest BCUT2D eigenvalue weighted by Gasteiger charge is 2.14. The lowest BCUT2D eigenvalue weighted by Gasteiger charge is -2.06. The number of hydrogen-bond donors (Lipinski definition) is 1. The van der Waals surface area contributed by atoms with Crippen LogP contribution in [0.5, 0.6) is 5.75 Å². The molecule has 0 aliphatic carbocycles. The van der Waals surface area contributed by atoms with E-state index in [1.807, 2.05) is 30.3 Å². The topological polar surface area (TPSA) is 52.5 Å². The Bertz CT molecular complexity index is 889. The van der Waals surface area contributed by atoms with Crippen LogP contribution in [0.3, 0.4) is 0 Å². The molecule has 1 aromatic heterocycles. The summed E-state index contributed by atoms with van der Waals surface area (Å²) in [7, 11) is 3.19. The van der Waals surface area contributed by atoms with E-state index >= 15 is 0 Å². The van der Waals surface area contributed by atoms with Crippen LogP contribution in [0.15, 0.2) is 48.7 Å². The molecule has 1 N–H and O–H groups in total. The maximum atomic E-state index is 12.4. The molecule has 0 bridgehead atoms. The van der Waals surface area contributed by atoms with Gasteiger partial charge in [-0.3, -0.25) is 4.79 Å². The first-order chi connectivity index (χ1) is 11.6. The van der Waals surface area contributed by atoms with Gasteiger partial charge in [0.05, 0.1) is 29.8 Å². The van der Waals surface area contributed by atoms with Gasteiger partial charge in [0.1, 0.15) is 12.9 Å². The van der Waals surface area contributed by atoms with Crippen molar-refractivity contribution in [1.82, 2.24) is 4.73 Å². The van der Waals surface area contributed by atoms with Gasteiger partial charge < -0.3 is 14.9 Å². The molecule has 3 rings (SSSR count). The van der Waals surface area contributed by atoms with Crippen molar-refractivity contribution < 1.29 is 14.4 Å². The van der Waals surface area contributed by atoms with Crippen LogP contribution >= 0.6 is 11.6 Å². The van der Waals surface area contributed by atoms with Gasteiger partial charge in [-0.2, -0.15) is 4.73 Å². The fraction of sp³-hybridized carbons (Fsp3) is 0.167. The van der Waals surface area contributed by atoms with Crippen molar-refractivity contribution in [3.63, 3.8) is 0 Å². The lowest BCUT2D eigenvalue weighted by molar-refractivity contribution is -0.115. The fourth-order valence-electron chi connectivity index (χ4n) is 2.59. The van der Waals surface area contributed by atoms with E-state index in [-0.39, 0.29) is 12.3 Å². The van der Waals surface area contributed by atoms with E-state index in [1.54, 1.807) is 37.3 Å². The summed E-state index contributed by atoms with van der Waals surface area (Å²) in [5.74, 6) is 0.574. The second kappa shape index (κ2) is 6.84. The number of carbonyl (C=O) groups is 1. The summed E-state index contributed by atoms with van der Waals surface area (Å²) < 4.78 is 6.90. The number of amides is 1. The monoisotopic (exact) mass is 344 g/mol. The zero-order chi connectivity index (χ0) is 17.1. The highest BCUT2D eigenvalue weighted by atomic mass is 35.5. The summed E-state index contributed by atoms with van der Waals surface area (Å²) in [5.41, 5.74) is 2.31. The molecule has 24 heavy (non-hydrogen) atoms. The average molecular weight is 345 g/mol. The van der Waals surface area contributed by atoms with Crippen molar-refractivity contribution in [2.75, 3.05) is 19.5 Å². The van der Waals surface area contributed by atoms with Gasteiger partial charge in [-0.25, -0.2) is 0 Å². The number of halogens is 1. The van der Waals surface area contributed by atoms with Gasteiger partial charge in [0.25, 0.3) is 0 Å². The maximum absolute atomic E-state index is 12.4. The van der Waals surface area contributed by atoms with Crippen molar-refractivity contribution in [3.05, 3.63) is 59.2 Å². The molecule has 3 aromatic rings. The highest BCUT2D eigenvalue weighted by Crippen LogP contribution is 2.26. The van der Waals surface area contributed by atoms with Crippen LogP contribution in [0.1, 0.15) is 5.56 Å². The summed E-state index contributed by atoms with van der Waals surface area (Å²) >= 11 is 6.08. The average Bonchev–Trinajstić information content (AvgIpc) is 2.94. The first-order valence-corrected chi connectivity index (χ1v) is 7.77. The fourth-order valence-corrected chi connectivity index (χ4v) is 2.78. The van der Waals surface area contributed by atoms with Crippen LogP contribution in [0, 0.1) is 0 Å². The summed E-state index contributed by atoms with van der Waals surface area (Å²) in [6, 6.07) is 12.8. The Kier molecular flexibility index (Phi) is 4.62. The van der Waals surface area contributed by atoms with E-state index in [0.29, 0.717) is 10.7 Å². The highest BCUT2D eigenvalue weighted by molar-refractivity contribution is 6.33. The molecule has 0 fully saturated rings. The largest absolute Gasteiger partial charge is 0.497 e. The number of fused-ring (bicyclic) bond motifs is 1. The molecule has 0 aliphatic heterocycles. The minimum atomic E-state index is -0.152. The smallest absolute Gasteiger partial charge is 0.228 e. The number of para-hydroxylation sites is 1. The zero-order valence-electron chi connectivity index (χ0n) is 13.4. The lowest BCUT2D eigenvalue weighted by Crippen LogP contribution is -2.14. The molecule has 0 radical (unpaired) electrons. The Morgan fingerprint density at radius 1 is 1.21 bits per heavy atom. The summed E-state index contributed by atoms with van der Waals surface area (Å²) in [5, 5.41) is 4.24. The molecule has 2 aromatic carbocycles. The maximum Gasteiger partial charge on any atom is 0.228 e. The van der Waals surface area contributed by atoms with E-state index in [9.17, 15) is 4.79 Å². The van der Waals surface area contributed by atoms with E-state index in [2.05, 4.69) is 5.32 Å². The zero-order valence-corrected chi connectivity index (χ0v) is 14.1. The van der Waals surface area contributed by atoms with Gasteiger partial charge in [0, 0.05) is 11.6 Å². The molecule has 6 heteroatoms. The number of ether oxygens (including phenoxy) is 1. The van der Waals surface area contributed by atoms with Gasteiger partial charge in [-0.15, -0.1) is 0 Å². The summed E-state index contributed by atoms with van der Waals surface area (Å²) in [6.45, 7) is 0. The molecule has 5 nitrogen and oxygen atoms in total. The Balaban J connectivity index is 1.89. The third kappa shape index (κ3) is 3.16. The van der Waals surface area contributed by atoms with Gasteiger partial charge in [-0.1, -0.05) is 23.7 Å². The number of rotatable bonds is 5. The molecule has 1 amide bonds. The summed E-state index contributed by atoms with van der Waals surface area (Å²) in [6.07, 6.45) is 2.00. The number of nitrogens with zero attached hydrogens (tertiary/aromatic N) is 1.